The highest BCUT2D eigenvalue weighted by Gasteiger charge is 1.92. The van der Waals surface area contributed by atoms with Crippen LogP contribution in [0.25, 0.3) is 0 Å². The van der Waals surface area contributed by atoms with Crippen LogP contribution in [0.4, 0.5) is 0 Å². The Hall–Kier alpha value is -1.90. The fourth-order valence-corrected chi connectivity index (χ4v) is 1.25. The van der Waals surface area contributed by atoms with Crippen molar-refractivity contribution in [3.8, 4) is 5.88 Å². The van der Waals surface area contributed by atoms with Crippen LogP contribution in [0, 0.1) is 20.8 Å². The lowest BCUT2D eigenvalue weighted by molar-refractivity contribution is 0.394. The van der Waals surface area contributed by atoms with E-state index in [1.54, 1.807) is 13.3 Å². The summed E-state index contributed by atoms with van der Waals surface area (Å²) in [5.74, 6) is 0.706. The van der Waals surface area contributed by atoms with Gasteiger partial charge in [-0.25, -0.2) is 4.98 Å². The van der Waals surface area contributed by atoms with Gasteiger partial charge in [0, 0.05) is 23.7 Å². The van der Waals surface area contributed by atoms with E-state index < -0.39 is 0 Å². The van der Waals surface area contributed by atoms with E-state index in [0.717, 1.165) is 11.3 Å². The van der Waals surface area contributed by atoms with Crippen molar-refractivity contribution in [2.45, 2.75) is 48.5 Å². The van der Waals surface area contributed by atoms with Gasteiger partial charge in [0.2, 0.25) is 5.88 Å². The third-order valence-corrected chi connectivity index (χ3v) is 2.43. The van der Waals surface area contributed by atoms with Crippen molar-refractivity contribution in [2.24, 2.45) is 0 Å². The number of nitrogens with zero attached hydrogens (tertiary/aromatic N) is 2. The van der Waals surface area contributed by atoms with Gasteiger partial charge in [0.15, 0.2) is 0 Å². The molecule has 0 radical (unpaired) electrons. The predicted molar refractivity (Wildman–Crippen MR) is 91.9 cm³/mol. The van der Waals surface area contributed by atoms with E-state index >= 15 is 0 Å². The van der Waals surface area contributed by atoms with Crippen LogP contribution in [0.3, 0.4) is 0 Å². The third-order valence-electron chi connectivity index (χ3n) is 2.43. The van der Waals surface area contributed by atoms with Gasteiger partial charge in [0.25, 0.3) is 0 Å². The first kappa shape index (κ1) is 21.4. The Labute approximate surface area is 130 Å². The van der Waals surface area contributed by atoms with Gasteiger partial charge < -0.3 is 4.74 Å². The molecule has 3 heteroatoms. The number of rotatable bonds is 1. The zero-order chi connectivity index (χ0) is 16.7. The van der Waals surface area contributed by atoms with Crippen molar-refractivity contribution in [2.75, 3.05) is 7.11 Å². The molecule has 0 aliphatic heterocycles. The fraction of sp³-hybridized carbons (Fsp3) is 0.444. The van der Waals surface area contributed by atoms with Gasteiger partial charge in [0.1, 0.15) is 0 Å². The molecule has 2 aromatic rings. The minimum absolute atomic E-state index is 0.706. The topological polar surface area (TPSA) is 35.0 Å². The van der Waals surface area contributed by atoms with Crippen molar-refractivity contribution < 1.29 is 4.74 Å². The van der Waals surface area contributed by atoms with Crippen molar-refractivity contribution >= 4 is 0 Å². The molecule has 0 bridgehead atoms. The molecule has 118 valence electrons. The van der Waals surface area contributed by atoms with E-state index in [0.29, 0.717) is 5.88 Å². The molecule has 0 atom stereocenters. The number of hydrogen-bond donors (Lipinski definition) is 0. The van der Waals surface area contributed by atoms with E-state index in [-0.39, 0.29) is 0 Å². The number of methoxy groups -OCH3 is 1. The first-order chi connectivity index (χ1) is 10.1. The van der Waals surface area contributed by atoms with Gasteiger partial charge in [-0.1, -0.05) is 39.8 Å². The maximum absolute atomic E-state index is 4.93. The summed E-state index contributed by atoms with van der Waals surface area (Å²) in [5, 5.41) is 0. The van der Waals surface area contributed by atoms with Gasteiger partial charge in [0.05, 0.1) is 7.11 Å². The summed E-state index contributed by atoms with van der Waals surface area (Å²) < 4.78 is 4.93. The van der Waals surface area contributed by atoms with Crippen LogP contribution in [0.5, 0.6) is 5.88 Å². The summed E-state index contributed by atoms with van der Waals surface area (Å²) in [7, 11) is 1.62. The van der Waals surface area contributed by atoms with Crippen molar-refractivity contribution in [3.05, 3.63) is 53.5 Å². The number of aromatic nitrogens is 2. The van der Waals surface area contributed by atoms with Crippen LogP contribution in [-0.2, 0) is 0 Å². The first-order valence-electron chi connectivity index (χ1n) is 7.49. The molecule has 0 unspecified atom stereocenters. The van der Waals surface area contributed by atoms with Gasteiger partial charge in [-0.2, -0.15) is 0 Å². The summed E-state index contributed by atoms with van der Waals surface area (Å²) in [6, 6.07) is 7.86. The lowest BCUT2D eigenvalue weighted by atomic mass is 10.2. The molecular weight excluding hydrogens is 260 g/mol. The van der Waals surface area contributed by atoms with Crippen LogP contribution in [0.15, 0.2) is 36.7 Å². The van der Waals surface area contributed by atoms with E-state index in [1.807, 2.05) is 65.9 Å². The monoisotopic (exact) mass is 290 g/mol. The van der Waals surface area contributed by atoms with E-state index in [2.05, 4.69) is 23.0 Å². The number of hydrogen-bond acceptors (Lipinski definition) is 3. The van der Waals surface area contributed by atoms with E-state index in [1.165, 1.54) is 5.56 Å². The van der Waals surface area contributed by atoms with Crippen molar-refractivity contribution in [1.82, 2.24) is 9.97 Å². The molecule has 2 aromatic heterocycles. The van der Waals surface area contributed by atoms with Gasteiger partial charge in [-0.05, 0) is 38.5 Å². The predicted octanol–water partition coefficient (Wildman–Crippen LogP) is 5.15. The molecule has 0 saturated carbocycles. The SMILES string of the molecule is CC.CC.COc1ncccc1C.Cc1cccnc1C. The molecule has 0 saturated heterocycles. The normalized spacial score (nSPS) is 8.00. The number of aryl methyl sites for hydroxylation is 3. The molecule has 0 fully saturated rings. The second-order valence-electron chi connectivity index (χ2n) is 3.74. The Morgan fingerprint density at radius 3 is 1.52 bits per heavy atom. The maximum atomic E-state index is 4.93. The Bertz CT molecular complexity index is 449. The molecule has 0 aliphatic rings. The van der Waals surface area contributed by atoms with Crippen LogP contribution in [0.2, 0.25) is 0 Å². The average molecular weight is 290 g/mol. The number of pyridine rings is 2. The molecule has 0 spiro atoms. The maximum Gasteiger partial charge on any atom is 0.215 e. The summed E-state index contributed by atoms with van der Waals surface area (Å²) >= 11 is 0. The lowest BCUT2D eigenvalue weighted by Crippen LogP contribution is -1.88. The molecule has 0 N–H and O–H groups in total. The molecular formula is C18H30N2O. The molecule has 3 nitrogen and oxygen atoms in total. The quantitative estimate of drug-likeness (QED) is 0.728. The zero-order valence-electron chi connectivity index (χ0n) is 14.8. The largest absolute Gasteiger partial charge is 0.481 e. The highest BCUT2D eigenvalue weighted by molar-refractivity contribution is 5.22. The standard InChI is InChI=1S/C7H9NO.C7H9N.2C2H6/c1-6-4-3-5-8-7(6)9-2;1-6-4-3-5-8-7(6)2;2*1-2/h3-5H,1-2H3;3-5H,1-2H3;2*1-2H3. The summed E-state index contributed by atoms with van der Waals surface area (Å²) in [4.78, 5) is 8.05. The van der Waals surface area contributed by atoms with Gasteiger partial charge in [-0.3, -0.25) is 4.98 Å². The molecule has 0 aromatic carbocycles. The van der Waals surface area contributed by atoms with Gasteiger partial charge in [-0.15, -0.1) is 0 Å². The van der Waals surface area contributed by atoms with Gasteiger partial charge >= 0.3 is 0 Å². The average Bonchev–Trinajstić information content (AvgIpc) is 2.55. The first-order valence-corrected chi connectivity index (χ1v) is 7.49. The van der Waals surface area contributed by atoms with E-state index in [4.69, 9.17) is 4.74 Å². The molecule has 2 rings (SSSR count). The fourth-order valence-electron chi connectivity index (χ4n) is 1.25. The van der Waals surface area contributed by atoms with Crippen LogP contribution < -0.4 is 4.74 Å². The van der Waals surface area contributed by atoms with Crippen LogP contribution in [0.1, 0.15) is 44.5 Å². The second kappa shape index (κ2) is 14.5. The summed E-state index contributed by atoms with van der Waals surface area (Å²) in [6.07, 6.45) is 3.52. The second-order valence-corrected chi connectivity index (χ2v) is 3.74. The third kappa shape index (κ3) is 9.61. The molecule has 2 heterocycles. The summed E-state index contributed by atoms with van der Waals surface area (Å²) in [5.41, 5.74) is 3.44. The molecule has 0 aliphatic carbocycles. The Morgan fingerprint density at radius 2 is 1.24 bits per heavy atom. The zero-order valence-corrected chi connectivity index (χ0v) is 14.8. The van der Waals surface area contributed by atoms with Crippen LogP contribution in [-0.4, -0.2) is 17.1 Å². The van der Waals surface area contributed by atoms with Crippen molar-refractivity contribution in [1.29, 1.82) is 0 Å². The highest BCUT2D eigenvalue weighted by atomic mass is 16.5. The van der Waals surface area contributed by atoms with E-state index in [9.17, 15) is 0 Å². The molecule has 21 heavy (non-hydrogen) atoms. The minimum atomic E-state index is 0.706. The Morgan fingerprint density at radius 1 is 0.762 bits per heavy atom. The lowest BCUT2D eigenvalue weighted by Gasteiger charge is -1.99. The smallest absolute Gasteiger partial charge is 0.215 e. The minimum Gasteiger partial charge on any atom is -0.481 e. The van der Waals surface area contributed by atoms with Crippen molar-refractivity contribution in [3.63, 3.8) is 0 Å². The molecule has 0 amide bonds. The number of ether oxygens (including phenoxy) is 1. The summed E-state index contributed by atoms with van der Waals surface area (Å²) in [6.45, 7) is 14.0. The van der Waals surface area contributed by atoms with Crippen LogP contribution >= 0.6 is 0 Å². The highest BCUT2D eigenvalue weighted by Crippen LogP contribution is 2.09. The Balaban J connectivity index is 0. The Kier molecular flexibility index (Phi) is 14.8.